The average Bonchev–Trinajstić information content (AvgIpc) is 3.00. The van der Waals surface area contributed by atoms with Gasteiger partial charge in [0.15, 0.2) is 10.8 Å². The highest BCUT2D eigenvalue weighted by Crippen LogP contribution is 2.26. The molecule has 0 atom stereocenters. The van der Waals surface area contributed by atoms with Crippen LogP contribution >= 0.6 is 28.3 Å². The highest BCUT2D eigenvalue weighted by molar-refractivity contribution is 8.93. The predicted molar refractivity (Wildman–Crippen MR) is 78.0 cm³/mol. The molecule has 0 unspecified atom stereocenters. The molecule has 1 aromatic carbocycles. The molecule has 0 aliphatic carbocycles. The van der Waals surface area contributed by atoms with Crippen LogP contribution in [0.3, 0.4) is 0 Å². The Kier molecular flexibility index (Phi) is 3.88. The number of H-pyrrole nitrogens is 1. The van der Waals surface area contributed by atoms with Gasteiger partial charge in [-0.1, -0.05) is 29.8 Å². The molecule has 18 heavy (non-hydrogen) atoms. The van der Waals surface area contributed by atoms with Gasteiger partial charge >= 0.3 is 0 Å². The Morgan fingerprint density at radius 1 is 1.17 bits per heavy atom. The molecule has 0 spiro atoms. The minimum Gasteiger partial charge on any atom is -0.257 e. The van der Waals surface area contributed by atoms with Gasteiger partial charge in [-0.25, -0.2) is 9.97 Å². The topological polar surface area (TPSA) is 54.5 Å². The summed E-state index contributed by atoms with van der Waals surface area (Å²) in [6.45, 7) is 2.07. The lowest BCUT2D eigenvalue weighted by Crippen LogP contribution is -1.81. The first-order valence-corrected chi connectivity index (χ1v) is 6.09. The molecule has 3 aromatic rings. The highest BCUT2D eigenvalue weighted by Gasteiger charge is 2.08. The SMILES string of the molecule is Br.Cc1ccc(-c2csc(-c3ncn[nH]3)n2)cc1. The third-order valence-electron chi connectivity index (χ3n) is 2.47. The van der Waals surface area contributed by atoms with Crippen LogP contribution in [0.1, 0.15) is 5.56 Å². The number of aromatic nitrogens is 4. The first kappa shape index (κ1) is 12.9. The maximum absolute atomic E-state index is 4.54. The Hall–Kier alpha value is -1.53. The van der Waals surface area contributed by atoms with Gasteiger partial charge in [-0.15, -0.1) is 28.3 Å². The molecule has 0 fully saturated rings. The number of aromatic amines is 1. The second kappa shape index (κ2) is 5.41. The van der Waals surface area contributed by atoms with Crippen molar-refractivity contribution in [1.29, 1.82) is 0 Å². The Balaban J connectivity index is 0.00000120. The molecule has 4 nitrogen and oxygen atoms in total. The number of hydrogen-bond donors (Lipinski definition) is 1. The lowest BCUT2D eigenvalue weighted by atomic mass is 10.1. The molecule has 0 radical (unpaired) electrons. The van der Waals surface area contributed by atoms with Gasteiger partial charge < -0.3 is 0 Å². The van der Waals surface area contributed by atoms with Crippen LogP contribution in [0.4, 0.5) is 0 Å². The van der Waals surface area contributed by atoms with Crippen LogP contribution in [0.2, 0.25) is 0 Å². The molecule has 2 heterocycles. The highest BCUT2D eigenvalue weighted by atomic mass is 79.9. The number of aryl methyl sites for hydroxylation is 1. The van der Waals surface area contributed by atoms with Crippen LogP contribution in [-0.2, 0) is 0 Å². The van der Waals surface area contributed by atoms with Gasteiger partial charge in [-0.3, -0.25) is 5.10 Å². The van der Waals surface area contributed by atoms with E-state index >= 15 is 0 Å². The van der Waals surface area contributed by atoms with E-state index in [0.717, 1.165) is 16.3 Å². The Bertz CT molecular complexity index is 616. The quantitative estimate of drug-likeness (QED) is 0.785. The normalized spacial score (nSPS) is 10.1. The van der Waals surface area contributed by atoms with Crippen molar-refractivity contribution < 1.29 is 0 Å². The lowest BCUT2D eigenvalue weighted by molar-refractivity contribution is 1.09. The van der Waals surface area contributed by atoms with E-state index in [-0.39, 0.29) is 17.0 Å². The van der Waals surface area contributed by atoms with Crippen LogP contribution in [0, 0.1) is 6.92 Å². The van der Waals surface area contributed by atoms with Crippen LogP contribution in [-0.4, -0.2) is 20.2 Å². The summed E-state index contributed by atoms with van der Waals surface area (Å²) in [6, 6.07) is 8.33. The van der Waals surface area contributed by atoms with Crippen molar-refractivity contribution in [2.24, 2.45) is 0 Å². The largest absolute Gasteiger partial charge is 0.257 e. The summed E-state index contributed by atoms with van der Waals surface area (Å²) in [7, 11) is 0. The smallest absolute Gasteiger partial charge is 0.184 e. The van der Waals surface area contributed by atoms with Crippen molar-refractivity contribution in [1.82, 2.24) is 20.2 Å². The standard InChI is InChI=1S/C12H10N4S.BrH/c1-8-2-4-9(5-3-8)10-6-17-12(15-10)11-13-7-14-16-11;/h2-7H,1H3,(H,13,14,16);1H. The van der Waals surface area contributed by atoms with Crippen LogP contribution in [0.5, 0.6) is 0 Å². The molecule has 3 rings (SSSR count). The Labute approximate surface area is 119 Å². The maximum Gasteiger partial charge on any atom is 0.184 e. The molecular weight excluding hydrogens is 312 g/mol. The maximum atomic E-state index is 4.54. The van der Waals surface area contributed by atoms with E-state index in [0.29, 0.717) is 5.82 Å². The molecule has 0 saturated heterocycles. The fourth-order valence-electron chi connectivity index (χ4n) is 1.55. The summed E-state index contributed by atoms with van der Waals surface area (Å²) >= 11 is 1.56. The number of nitrogens with zero attached hydrogens (tertiary/aromatic N) is 3. The first-order chi connectivity index (χ1) is 8.33. The summed E-state index contributed by atoms with van der Waals surface area (Å²) in [5.74, 6) is 0.716. The number of hydrogen-bond acceptors (Lipinski definition) is 4. The van der Waals surface area contributed by atoms with E-state index in [2.05, 4.69) is 51.4 Å². The number of halogens is 1. The number of thiazole rings is 1. The number of rotatable bonds is 2. The van der Waals surface area contributed by atoms with E-state index in [9.17, 15) is 0 Å². The Morgan fingerprint density at radius 3 is 2.61 bits per heavy atom. The van der Waals surface area contributed by atoms with Crippen LogP contribution in [0.25, 0.3) is 22.1 Å². The van der Waals surface area contributed by atoms with E-state index in [4.69, 9.17) is 0 Å². The first-order valence-electron chi connectivity index (χ1n) is 5.21. The van der Waals surface area contributed by atoms with Gasteiger partial charge in [0.1, 0.15) is 6.33 Å². The van der Waals surface area contributed by atoms with E-state index in [1.165, 1.54) is 11.9 Å². The third kappa shape index (κ3) is 2.49. The summed E-state index contributed by atoms with van der Waals surface area (Å²) in [4.78, 5) is 8.63. The van der Waals surface area contributed by atoms with Crippen molar-refractivity contribution in [3.8, 4) is 22.1 Å². The molecular formula is C12H11BrN4S. The monoisotopic (exact) mass is 322 g/mol. The van der Waals surface area contributed by atoms with Crippen molar-refractivity contribution in [2.75, 3.05) is 0 Å². The second-order valence-corrected chi connectivity index (χ2v) is 4.60. The van der Waals surface area contributed by atoms with Crippen LogP contribution in [0.15, 0.2) is 36.0 Å². The molecule has 6 heteroatoms. The predicted octanol–water partition coefficient (Wildman–Crippen LogP) is 3.48. The second-order valence-electron chi connectivity index (χ2n) is 3.74. The van der Waals surface area contributed by atoms with Gasteiger partial charge in [0.05, 0.1) is 5.69 Å². The van der Waals surface area contributed by atoms with E-state index in [1.807, 2.05) is 5.38 Å². The van der Waals surface area contributed by atoms with Gasteiger partial charge in [0, 0.05) is 10.9 Å². The minimum atomic E-state index is 0. The van der Waals surface area contributed by atoms with Gasteiger partial charge in [-0.2, -0.15) is 5.10 Å². The fourth-order valence-corrected chi connectivity index (χ4v) is 2.32. The molecule has 0 bridgehead atoms. The molecule has 0 amide bonds. The zero-order valence-corrected chi connectivity index (χ0v) is 12.2. The van der Waals surface area contributed by atoms with E-state index < -0.39 is 0 Å². The minimum absolute atomic E-state index is 0. The number of nitrogens with one attached hydrogen (secondary N) is 1. The third-order valence-corrected chi connectivity index (χ3v) is 3.32. The summed E-state index contributed by atoms with van der Waals surface area (Å²) in [6.07, 6.45) is 1.49. The van der Waals surface area contributed by atoms with Crippen molar-refractivity contribution >= 4 is 28.3 Å². The van der Waals surface area contributed by atoms with E-state index in [1.54, 1.807) is 11.3 Å². The molecule has 0 aliphatic heterocycles. The molecule has 0 saturated carbocycles. The number of benzene rings is 1. The molecule has 2 aromatic heterocycles. The van der Waals surface area contributed by atoms with Gasteiger partial charge in [0.2, 0.25) is 0 Å². The van der Waals surface area contributed by atoms with Crippen LogP contribution < -0.4 is 0 Å². The zero-order valence-electron chi connectivity index (χ0n) is 9.62. The van der Waals surface area contributed by atoms with Gasteiger partial charge in [0.25, 0.3) is 0 Å². The molecule has 92 valence electrons. The molecule has 1 N–H and O–H groups in total. The van der Waals surface area contributed by atoms with Gasteiger partial charge in [-0.05, 0) is 6.92 Å². The summed E-state index contributed by atoms with van der Waals surface area (Å²) < 4.78 is 0. The summed E-state index contributed by atoms with van der Waals surface area (Å²) in [5, 5.41) is 9.53. The summed E-state index contributed by atoms with van der Waals surface area (Å²) in [5.41, 5.74) is 3.35. The van der Waals surface area contributed by atoms with Crippen molar-refractivity contribution in [3.05, 3.63) is 41.5 Å². The Morgan fingerprint density at radius 2 is 1.94 bits per heavy atom. The fraction of sp³-hybridized carbons (Fsp3) is 0.0833. The van der Waals surface area contributed by atoms with Crippen molar-refractivity contribution in [2.45, 2.75) is 6.92 Å². The average molecular weight is 323 g/mol. The molecule has 0 aliphatic rings. The lowest BCUT2D eigenvalue weighted by Gasteiger charge is -1.96. The van der Waals surface area contributed by atoms with Crippen molar-refractivity contribution in [3.63, 3.8) is 0 Å². The zero-order chi connectivity index (χ0) is 11.7.